The van der Waals surface area contributed by atoms with Crippen LogP contribution in [0.4, 0.5) is 0 Å². The lowest BCUT2D eigenvalue weighted by molar-refractivity contribution is -0.132. The van der Waals surface area contributed by atoms with Crippen molar-refractivity contribution in [2.24, 2.45) is 0 Å². The zero-order chi connectivity index (χ0) is 18.0. The third kappa shape index (κ3) is 3.42. The number of carbonyl (C=O) groups is 1. The Morgan fingerprint density at radius 3 is 2.36 bits per heavy atom. The van der Waals surface area contributed by atoms with Crippen LogP contribution in [0.5, 0.6) is 11.5 Å². The second-order valence-corrected chi connectivity index (χ2v) is 6.08. The van der Waals surface area contributed by atoms with Gasteiger partial charge in [0.25, 0.3) is 0 Å². The number of rotatable bonds is 4. The smallest absolute Gasteiger partial charge is 0.238 e. The number of hydrazine groups is 1. The van der Waals surface area contributed by atoms with E-state index in [2.05, 4.69) is 5.43 Å². The number of halogens is 1. The highest BCUT2D eigenvalue weighted by atomic mass is 35.5. The average molecular weight is 359 g/mol. The van der Waals surface area contributed by atoms with E-state index in [0.717, 1.165) is 16.8 Å². The molecule has 0 bridgehead atoms. The molecule has 0 aromatic heterocycles. The van der Waals surface area contributed by atoms with Gasteiger partial charge in [0, 0.05) is 17.5 Å². The fourth-order valence-electron chi connectivity index (χ4n) is 2.81. The Hall–Kier alpha value is -2.66. The third-order valence-corrected chi connectivity index (χ3v) is 4.34. The van der Waals surface area contributed by atoms with Crippen molar-refractivity contribution in [3.8, 4) is 11.5 Å². The SMILES string of the molecule is COc1ccc(C2=C[C@H](c3ccc(Cl)cc3)N(C(C)=O)N2)cc1OC. The predicted molar refractivity (Wildman–Crippen MR) is 97.4 cm³/mol. The van der Waals surface area contributed by atoms with Crippen LogP contribution < -0.4 is 14.9 Å². The van der Waals surface area contributed by atoms with Gasteiger partial charge in [0.1, 0.15) is 0 Å². The first-order valence-corrected chi connectivity index (χ1v) is 8.17. The summed E-state index contributed by atoms with van der Waals surface area (Å²) in [5.41, 5.74) is 5.88. The molecule has 0 saturated carbocycles. The first-order chi connectivity index (χ1) is 12.0. The molecule has 2 aromatic carbocycles. The quantitative estimate of drug-likeness (QED) is 0.903. The number of ether oxygens (including phenoxy) is 2. The molecule has 0 aliphatic carbocycles. The zero-order valence-electron chi connectivity index (χ0n) is 14.2. The second kappa shape index (κ2) is 7.07. The highest BCUT2D eigenvalue weighted by Gasteiger charge is 2.29. The van der Waals surface area contributed by atoms with Gasteiger partial charge in [0.2, 0.25) is 5.91 Å². The van der Waals surface area contributed by atoms with Gasteiger partial charge in [0.15, 0.2) is 11.5 Å². The topological polar surface area (TPSA) is 50.8 Å². The Morgan fingerprint density at radius 2 is 1.76 bits per heavy atom. The second-order valence-electron chi connectivity index (χ2n) is 5.65. The molecule has 1 N–H and O–H groups in total. The van der Waals surface area contributed by atoms with Crippen molar-refractivity contribution in [3.05, 3.63) is 64.7 Å². The summed E-state index contributed by atoms with van der Waals surface area (Å²) in [4.78, 5) is 12.1. The van der Waals surface area contributed by atoms with Crippen molar-refractivity contribution in [3.63, 3.8) is 0 Å². The molecule has 3 rings (SSSR count). The van der Waals surface area contributed by atoms with Crippen LogP contribution in [-0.2, 0) is 4.79 Å². The molecule has 1 aliphatic heterocycles. The molecule has 0 fully saturated rings. The fraction of sp³-hybridized carbons (Fsp3) is 0.211. The molecule has 1 heterocycles. The van der Waals surface area contributed by atoms with Crippen molar-refractivity contribution < 1.29 is 14.3 Å². The first kappa shape index (κ1) is 17.2. The summed E-state index contributed by atoms with van der Waals surface area (Å²) >= 11 is 5.97. The van der Waals surface area contributed by atoms with Crippen molar-refractivity contribution in [2.75, 3.05) is 14.2 Å². The molecule has 1 aliphatic rings. The molecule has 25 heavy (non-hydrogen) atoms. The lowest BCUT2D eigenvalue weighted by Gasteiger charge is -2.24. The molecule has 1 amide bonds. The Kier molecular flexibility index (Phi) is 4.86. The minimum absolute atomic E-state index is 0.0772. The third-order valence-electron chi connectivity index (χ3n) is 4.09. The molecule has 5 nitrogen and oxygen atoms in total. The van der Waals surface area contributed by atoms with E-state index in [1.807, 2.05) is 48.5 Å². The number of methoxy groups -OCH3 is 2. The van der Waals surface area contributed by atoms with Crippen LogP contribution >= 0.6 is 11.6 Å². The van der Waals surface area contributed by atoms with Crippen LogP contribution in [0, 0.1) is 0 Å². The van der Waals surface area contributed by atoms with Crippen molar-refractivity contribution in [1.82, 2.24) is 10.4 Å². The van der Waals surface area contributed by atoms with Crippen molar-refractivity contribution >= 4 is 23.2 Å². The molecule has 2 aromatic rings. The molecule has 0 radical (unpaired) electrons. The summed E-state index contributed by atoms with van der Waals surface area (Å²) in [6.07, 6.45) is 2.01. The predicted octanol–water partition coefficient (Wildman–Crippen LogP) is 3.81. The van der Waals surface area contributed by atoms with E-state index in [9.17, 15) is 4.79 Å². The largest absolute Gasteiger partial charge is 0.493 e. The lowest BCUT2D eigenvalue weighted by Crippen LogP contribution is -2.37. The standard InChI is InChI=1S/C19H19ClN2O3/c1-12(23)22-17(13-4-7-15(20)8-5-13)11-16(21-22)14-6-9-18(24-2)19(10-14)25-3/h4-11,17,21H,1-3H3/t17-/m1/s1. The number of carbonyl (C=O) groups excluding carboxylic acids is 1. The monoisotopic (exact) mass is 358 g/mol. The van der Waals surface area contributed by atoms with Gasteiger partial charge in [-0.05, 0) is 42.0 Å². The summed E-state index contributed by atoms with van der Waals surface area (Å²) in [5, 5.41) is 2.25. The molecular formula is C19H19ClN2O3. The molecular weight excluding hydrogens is 340 g/mol. The van der Waals surface area contributed by atoms with E-state index in [-0.39, 0.29) is 11.9 Å². The maximum Gasteiger partial charge on any atom is 0.238 e. The Morgan fingerprint density at radius 1 is 1.08 bits per heavy atom. The minimum Gasteiger partial charge on any atom is -0.493 e. The summed E-state index contributed by atoms with van der Waals surface area (Å²) in [7, 11) is 3.19. The van der Waals surface area contributed by atoms with E-state index in [0.29, 0.717) is 16.5 Å². The van der Waals surface area contributed by atoms with Gasteiger partial charge in [0.05, 0.1) is 26.0 Å². The Bertz CT molecular complexity index is 818. The first-order valence-electron chi connectivity index (χ1n) is 7.79. The average Bonchev–Trinajstić information content (AvgIpc) is 3.07. The summed E-state index contributed by atoms with van der Waals surface area (Å²) in [5.74, 6) is 1.21. The van der Waals surface area contributed by atoms with Crippen LogP contribution in [0.3, 0.4) is 0 Å². The van der Waals surface area contributed by atoms with Gasteiger partial charge in [-0.3, -0.25) is 10.2 Å². The van der Waals surface area contributed by atoms with E-state index in [1.165, 1.54) is 6.92 Å². The van der Waals surface area contributed by atoms with Gasteiger partial charge in [-0.25, -0.2) is 5.01 Å². The number of nitrogens with one attached hydrogen (secondary N) is 1. The van der Waals surface area contributed by atoms with Gasteiger partial charge in [-0.2, -0.15) is 0 Å². The maximum atomic E-state index is 12.1. The molecule has 0 saturated heterocycles. The van der Waals surface area contributed by atoms with Crippen molar-refractivity contribution in [1.29, 1.82) is 0 Å². The van der Waals surface area contributed by atoms with Crippen LogP contribution in [0.1, 0.15) is 24.1 Å². The summed E-state index contributed by atoms with van der Waals surface area (Å²) < 4.78 is 10.6. The highest BCUT2D eigenvalue weighted by Crippen LogP contribution is 2.35. The van der Waals surface area contributed by atoms with E-state index >= 15 is 0 Å². The molecule has 6 heteroatoms. The van der Waals surface area contributed by atoms with Crippen LogP contribution in [0.25, 0.3) is 5.70 Å². The number of benzene rings is 2. The van der Waals surface area contributed by atoms with Gasteiger partial charge in [-0.15, -0.1) is 0 Å². The summed E-state index contributed by atoms with van der Waals surface area (Å²) in [6.45, 7) is 1.53. The van der Waals surface area contributed by atoms with E-state index < -0.39 is 0 Å². The van der Waals surface area contributed by atoms with E-state index in [4.69, 9.17) is 21.1 Å². The zero-order valence-corrected chi connectivity index (χ0v) is 15.0. The lowest BCUT2D eigenvalue weighted by atomic mass is 10.0. The molecule has 0 spiro atoms. The van der Waals surface area contributed by atoms with Crippen LogP contribution in [0.2, 0.25) is 5.02 Å². The normalized spacial score (nSPS) is 16.2. The van der Waals surface area contributed by atoms with E-state index in [1.54, 1.807) is 19.2 Å². The minimum atomic E-state index is -0.210. The maximum absolute atomic E-state index is 12.1. The molecule has 130 valence electrons. The highest BCUT2D eigenvalue weighted by molar-refractivity contribution is 6.30. The Balaban J connectivity index is 1.98. The van der Waals surface area contributed by atoms with Crippen LogP contribution in [0.15, 0.2) is 48.5 Å². The number of hydrogen-bond donors (Lipinski definition) is 1. The van der Waals surface area contributed by atoms with Gasteiger partial charge < -0.3 is 9.47 Å². The molecule has 1 atom stereocenters. The number of nitrogens with zero attached hydrogens (tertiary/aromatic N) is 1. The Labute approximate surface area is 151 Å². The van der Waals surface area contributed by atoms with Crippen molar-refractivity contribution in [2.45, 2.75) is 13.0 Å². The van der Waals surface area contributed by atoms with Crippen LogP contribution in [-0.4, -0.2) is 25.1 Å². The van der Waals surface area contributed by atoms with Gasteiger partial charge >= 0.3 is 0 Å². The fourth-order valence-corrected chi connectivity index (χ4v) is 2.94. The van der Waals surface area contributed by atoms with Gasteiger partial charge in [-0.1, -0.05) is 23.7 Å². The summed E-state index contributed by atoms with van der Waals surface area (Å²) in [6, 6.07) is 12.9. The number of hydrogen-bond acceptors (Lipinski definition) is 4. The number of amides is 1. The molecule has 0 unspecified atom stereocenters.